The Labute approximate surface area is 91.8 Å². The molecular weight excluding hydrogens is 216 g/mol. The first-order valence-electron chi connectivity index (χ1n) is 4.35. The molecule has 78 valence electrons. The van der Waals surface area contributed by atoms with Crippen molar-refractivity contribution in [2.24, 2.45) is 0 Å². The first-order valence-corrected chi connectivity index (χ1v) is 4.72. The normalized spacial score (nSPS) is 10.3. The maximum atomic E-state index is 5.84. The maximum absolute atomic E-state index is 5.84. The van der Waals surface area contributed by atoms with Crippen LogP contribution in [-0.2, 0) is 0 Å². The van der Waals surface area contributed by atoms with Gasteiger partial charge in [-0.2, -0.15) is 4.98 Å². The van der Waals surface area contributed by atoms with Crippen LogP contribution in [-0.4, -0.2) is 17.3 Å². The summed E-state index contributed by atoms with van der Waals surface area (Å²) in [5.74, 6) is 1.63. The van der Waals surface area contributed by atoms with Gasteiger partial charge in [0.05, 0.1) is 12.7 Å². The van der Waals surface area contributed by atoms with E-state index < -0.39 is 0 Å². The van der Waals surface area contributed by atoms with Crippen LogP contribution in [0.4, 0.5) is 0 Å². The predicted molar refractivity (Wildman–Crippen MR) is 56.0 cm³/mol. The quantitative estimate of drug-likeness (QED) is 0.787. The van der Waals surface area contributed by atoms with Crippen LogP contribution in [0.5, 0.6) is 5.75 Å². The second kappa shape index (κ2) is 3.90. The number of benzene rings is 1. The topological polar surface area (TPSA) is 48.2 Å². The van der Waals surface area contributed by atoms with Crippen LogP contribution in [0.2, 0.25) is 5.02 Å². The lowest BCUT2D eigenvalue weighted by Gasteiger charge is -2.04. The molecular formula is C10H9ClN2O2. The summed E-state index contributed by atoms with van der Waals surface area (Å²) >= 11 is 5.84. The first-order chi connectivity index (χ1) is 7.20. The summed E-state index contributed by atoms with van der Waals surface area (Å²) in [5, 5.41) is 4.32. The van der Waals surface area contributed by atoms with Crippen molar-refractivity contribution in [3.63, 3.8) is 0 Å². The van der Waals surface area contributed by atoms with Crippen LogP contribution in [0.3, 0.4) is 0 Å². The zero-order chi connectivity index (χ0) is 10.8. The van der Waals surface area contributed by atoms with E-state index in [1.165, 1.54) is 0 Å². The van der Waals surface area contributed by atoms with Crippen LogP contribution in [0.25, 0.3) is 11.5 Å². The second-order valence-corrected chi connectivity index (χ2v) is 3.43. The average Bonchev–Trinajstić information content (AvgIpc) is 2.64. The van der Waals surface area contributed by atoms with Gasteiger partial charge in [-0.1, -0.05) is 16.8 Å². The van der Waals surface area contributed by atoms with E-state index in [-0.39, 0.29) is 0 Å². The molecule has 0 N–H and O–H groups in total. The van der Waals surface area contributed by atoms with Crippen LogP contribution in [0, 0.1) is 6.92 Å². The molecule has 0 aliphatic carbocycles. The largest absolute Gasteiger partial charge is 0.496 e. The van der Waals surface area contributed by atoms with E-state index >= 15 is 0 Å². The summed E-state index contributed by atoms with van der Waals surface area (Å²) in [5.41, 5.74) is 0.738. The summed E-state index contributed by atoms with van der Waals surface area (Å²) in [6.45, 7) is 1.76. The fourth-order valence-electron chi connectivity index (χ4n) is 1.25. The molecule has 5 heteroatoms. The summed E-state index contributed by atoms with van der Waals surface area (Å²) in [4.78, 5) is 4.12. The van der Waals surface area contributed by atoms with Crippen molar-refractivity contribution < 1.29 is 9.26 Å². The average molecular weight is 225 g/mol. The molecule has 0 unspecified atom stereocenters. The van der Waals surface area contributed by atoms with Gasteiger partial charge in [0, 0.05) is 5.02 Å². The van der Waals surface area contributed by atoms with E-state index in [9.17, 15) is 0 Å². The minimum Gasteiger partial charge on any atom is -0.496 e. The van der Waals surface area contributed by atoms with Gasteiger partial charge >= 0.3 is 0 Å². The van der Waals surface area contributed by atoms with E-state index in [2.05, 4.69) is 10.1 Å². The Hall–Kier alpha value is -1.55. The molecule has 0 saturated carbocycles. The fourth-order valence-corrected chi connectivity index (χ4v) is 1.41. The van der Waals surface area contributed by atoms with Gasteiger partial charge in [-0.3, -0.25) is 0 Å². The van der Waals surface area contributed by atoms with Crippen molar-refractivity contribution in [1.29, 1.82) is 0 Å². The molecule has 0 spiro atoms. The van der Waals surface area contributed by atoms with Crippen molar-refractivity contribution in [3.8, 4) is 17.2 Å². The van der Waals surface area contributed by atoms with Gasteiger partial charge in [-0.05, 0) is 25.1 Å². The smallest absolute Gasteiger partial charge is 0.261 e. The molecule has 15 heavy (non-hydrogen) atoms. The van der Waals surface area contributed by atoms with Crippen LogP contribution in [0.1, 0.15) is 5.82 Å². The van der Waals surface area contributed by atoms with Crippen LogP contribution >= 0.6 is 11.6 Å². The lowest BCUT2D eigenvalue weighted by atomic mass is 10.2. The van der Waals surface area contributed by atoms with Gasteiger partial charge in [0.1, 0.15) is 5.75 Å². The van der Waals surface area contributed by atoms with E-state index in [0.717, 1.165) is 5.56 Å². The minimum absolute atomic E-state index is 0.431. The molecule has 1 aromatic heterocycles. The molecule has 0 aliphatic heterocycles. The third kappa shape index (κ3) is 1.94. The van der Waals surface area contributed by atoms with Gasteiger partial charge in [-0.15, -0.1) is 0 Å². The Morgan fingerprint density at radius 1 is 1.40 bits per heavy atom. The highest BCUT2D eigenvalue weighted by molar-refractivity contribution is 6.30. The van der Waals surface area contributed by atoms with Crippen LogP contribution < -0.4 is 4.74 Å². The Balaban J connectivity index is 2.52. The molecule has 0 saturated heterocycles. The monoisotopic (exact) mass is 224 g/mol. The summed E-state index contributed by atoms with van der Waals surface area (Å²) in [7, 11) is 1.57. The number of rotatable bonds is 2. The lowest BCUT2D eigenvalue weighted by Crippen LogP contribution is -1.88. The zero-order valence-corrected chi connectivity index (χ0v) is 9.08. The van der Waals surface area contributed by atoms with Gasteiger partial charge in [0.25, 0.3) is 5.89 Å². The van der Waals surface area contributed by atoms with Crippen molar-refractivity contribution in [2.75, 3.05) is 7.11 Å². The minimum atomic E-state index is 0.431. The van der Waals surface area contributed by atoms with Crippen molar-refractivity contribution in [2.45, 2.75) is 6.92 Å². The zero-order valence-electron chi connectivity index (χ0n) is 8.32. The molecule has 0 fully saturated rings. The van der Waals surface area contributed by atoms with Gasteiger partial charge < -0.3 is 9.26 Å². The Kier molecular flexibility index (Phi) is 2.60. The van der Waals surface area contributed by atoms with E-state index in [1.54, 1.807) is 32.2 Å². The second-order valence-electron chi connectivity index (χ2n) is 2.99. The SMILES string of the molecule is COc1cc(Cl)ccc1-c1nc(C)no1. The third-order valence-electron chi connectivity index (χ3n) is 1.92. The Morgan fingerprint density at radius 2 is 2.20 bits per heavy atom. The number of methoxy groups -OCH3 is 1. The fraction of sp³-hybridized carbons (Fsp3) is 0.200. The highest BCUT2D eigenvalue weighted by Crippen LogP contribution is 2.30. The number of hydrogen-bond donors (Lipinski definition) is 0. The molecule has 2 rings (SSSR count). The molecule has 0 radical (unpaired) electrons. The summed E-state index contributed by atoms with van der Waals surface area (Å²) in [6, 6.07) is 5.24. The highest BCUT2D eigenvalue weighted by atomic mass is 35.5. The third-order valence-corrected chi connectivity index (χ3v) is 2.16. The standard InChI is InChI=1S/C10H9ClN2O2/c1-6-12-10(15-13-6)8-4-3-7(11)5-9(8)14-2/h3-5H,1-2H3. The Morgan fingerprint density at radius 3 is 2.80 bits per heavy atom. The first kappa shape index (κ1) is 9.98. The molecule has 0 aliphatic rings. The predicted octanol–water partition coefficient (Wildman–Crippen LogP) is 2.71. The number of nitrogens with zero attached hydrogens (tertiary/aromatic N) is 2. The molecule has 4 nitrogen and oxygen atoms in total. The van der Waals surface area contributed by atoms with Crippen molar-refractivity contribution in [3.05, 3.63) is 29.0 Å². The van der Waals surface area contributed by atoms with Crippen LogP contribution in [0.15, 0.2) is 22.7 Å². The van der Waals surface area contributed by atoms with Crippen molar-refractivity contribution in [1.82, 2.24) is 10.1 Å². The summed E-state index contributed by atoms with van der Waals surface area (Å²) in [6.07, 6.45) is 0. The van der Waals surface area contributed by atoms with E-state index in [1.807, 2.05) is 0 Å². The number of aryl methyl sites for hydroxylation is 1. The van der Waals surface area contributed by atoms with Gasteiger partial charge in [0.15, 0.2) is 5.82 Å². The van der Waals surface area contributed by atoms with E-state index in [0.29, 0.717) is 22.5 Å². The van der Waals surface area contributed by atoms with Gasteiger partial charge in [0.2, 0.25) is 0 Å². The molecule has 2 aromatic rings. The molecule has 0 amide bonds. The number of hydrogen-bond acceptors (Lipinski definition) is 4. The lowest BCUT2D eigenvalue weighted by molar-refractivity contribution is 0.404. The maximum Gasteiger partial charge on any atom is 0.261 e. The molecule has 1 aromatic carbocycles. The van der Waals surface area contributed by atoms with Gasteiger partial charge in [-0.25, -0.2) is 0 Å². The highest BCUT2D eigenvalue weighted by Gasteiger charge is 2.12. The molecule has 0 bridgehead atoms. The molecule has 1 heterocycles. The van der Waals surface area contributed by atoms with E-state index in [4.69, 9.17) is 20.9 Å². The Bertz CT molecular complexity index is 482. The number of ether oxygens (including phenoxy) is 1. The number of halogens is 1. The summed E-state index contributed by atoms with van der Waals surface area (Å²) < 4.78 is 10.2. The van der Waals surface area contributed by atoms with Crippen molar-refractivity contribution >= 4 is 11.6 Å². The number of aromatic nitrogens is 2. The molecule has 0 atom stereocenters.